The van der Waals surface area contributed by atoms with E-state index < -0.39 is 0 Å². The highest BCUT2D eigenvalue weighted by Crippen LogP contribution is 2.09. The quantitative estimate of drug-likeness (QED) is 0.511. The Hall–Kier alpha value is -1.20. The number of halogens is 1. The molecular weight excluding hydrogens is 286 g/mol. The van der Waals surface area contributed by atoms with Crippen LogP contribution in [0.5, 0.6) is 0 Å². The molecule has 0 aliphatic rings. The fourth-order valence-electron chi connectivity index (χ4n) is 0.954. The molecule has 2 N–H and O–H groups in total. The minimum absolute atomic E-state index is 0.483. The molecule has 1 rings (SSSR count). The third kappa shape index (κ3) is 5.04. The molecule has 16 heavy (non-hydrogen) atoms. The molecule has 0 spiro atoms. The number of hydrogen-bond acceptors (Lipinski definition) is 2. The zero-order valence-electron chi connectivity index (χ0n) is 8.77. The topological polar surface area (TPSA) is 36.4 Å². The molecule has 0 saturated carbocycles. The minimum Gasteiger partial charge on any atom is -0.364 e. The molecular formula is C11H12BrN3S. The van der Waals surface area contributed by atoms with Gasteiger partial charge in [0.05, 0.1) is 6.21 Å². The van der Waals surface area contributed by atoms with Crippen LogP contribution in [0.1, 0.15) is 5.56 Å². The first-order chi connectivity index (χ1) is 7.72. The summed E-state index contributed by atoms with van der Waals surface area (Å²) < 4.78 is 0.866. The van der Waals surface area contributed by atoms with E-state index >= 15 is 0 Å². The van der Waals surface area contributed by atoms with E-state index in [1.165, 1.54) is 0 Å². The van der Waals surface area contributed by atoms with Crippen LogP contribution in [0.25, 0.3) is 6.08 Å². The third-order valence-corrected chi connectivity index (χ3v) is 2.41. The van der Waals surface area contributed by atoms with Crippen LogP contribution in [0.3, 0.4) is 0 Å². The van der Waals surface area contributed by atoms with E-state index in [0.717, 1.165) is 10.0 Å². The average Bonchev–Trinajstić information content (AvgIpc) is 2.30. The van der Waals surface area contributed by atoms with E-state index in [1.807, 2.05) is 36.4 Å². The van der Waals surface area contributed by atoms with E-state index in [0.29, 0.717) is 5.11 Å². The molecule has 5 heteroatoms. The summed E-state index contributed by atoms with van der Waals surface area (Å²) in [5, 5.41) is 7.19. The molecule has 0 saturated heterocycles. The largest absolute Gasteiger partial charge is 0.364 e. The highest BCUT2D eigenvalue weighted by Gasteiger charge is 1.89. The molecule has 0 bridgehead atoms. The predicted octanol–water partition coefficient (Wildman–Crippen LogP) is 2.50. The molecule has 0 aliphatic carbocycles. The summed E-state index contributed by atoms with van der Waals surface area (Å²) in [5.41, 5.74) is 3.78. The Morgan fingerprint density at radius 2 is 2.06 bits per heavy atom. The Morgan fingerprint density at radius 1 is 1.38 bits per heavy atom. The van der Waals surface area contributed by atoms with Crippen LogP contribution in [0.4, 0.5) is 0 Å². The van der Waals surface area contributed by atoms with Crippen LogP contribution in [0.2, 0.25) is 0 Å². The number of benzene rings is 1. The van der Waals surface area contributed by atoms with E-state index in [9.17, 15) is 0 Å². The maximum absolute atomic E-state index is 4.87. The monoisotopic (exact) mass is 297 g/mol. The highest BCUT2D eigenvalue weighted by molar-refractivity contribution is 9.12. The zero-order chi connectivity index (χ0) is 11.8. The van der Waals surface area contributed by atoms with E-state index in [2.05, 4.69) is 31.8 Å². The lowest BCUT2D eigenvalue weighted by atomic mass is 10.2. The van der Waals surface area contributed by atoms with Crippen molar-refractivity contribution in [1.29, 1.82) is 0 Å². The van der Waals surface area contributed by atoms with Crippen molar-refractivity contribution >= 4 is 45.6 Å². The van der Waals surface area contributed by atoms with Crippen molar-refractivity contribution in [1.82, 2.24) is 10.7 Å². The maximum Gasteiger partial charge on any atom is 0.186 e. The summed E-state index contributed by atoms with van der Waals surface area (Å²) >= 11 is 8.26. The highest BCUT2D eigenvalue weighted by atomic mass is 79.9. The van der Waals surface area contributed by atoms with Crippen molar-refractivity contribution in [3.8, 4) is 0 Å². The van der Waals surface area contributed by atoms with Gasteiger partial charge in [0, 0.05) is 11.5 Å². The summed E-state index contributed by atoms with van der Waals surface area (Å²) in [5.74, 6) is 0. The first-order valence-electron chi connectivity index (χ1n) is 4.65. The maximum atomic E-state index is 4.87. The van der Waals surface area contributed by atoms with Crippen molar-refractivity contribution in [3.05, 3.63) is 40.4 Å². The molecule has 0 heterocycles. The second kappa shape index (κ2) is 7.14. The van der Waals surface area contributed by atoms with E-state index in [-0.39, 0.29) is 0 Å². The van der Waals surface area contributed by atoms with Crippen molar-refractivity contribution in [2.45, 2.75) is 0 Å². The summed E-state index contributed by atoms with van der Waals surface area (Å²) in [6.07, 6.45) is 3.62. The van der Waals surface area contributed by atoms with Gasteiger partial charge in [-0.2, -0.15) is 5.10 Å². The Balaban J connectivity index is 2.55. The molecule has 84 valence electrons. The molecule has 3 nitrogen and oxygen atoms in total. The Labute approximate surface area is 109 Å². The molecule has 1 aromatic carbocycles. The summed E-state index contributed by atoms with van der Waals surface area (Å²) in [7, 11) is 1.74. The molecule has 1 aromatic rings. The lowest BCUT2D eigenvalue weighted by molar-refractivity contribution is 0.983. The number of hydrogen-bond donors (Lipinski definition) is 2. The van der Waals surface area contributed by atoms with Gasteiger partial charge in [0.1, 0.15) is 0 Å². The molecule has 0 atom stereocenters. The Kier molecular flexibility index (Phi) is 5.74. The van der Waals surface area contributed by atoms with E-state index in [1.54, 1.807) is 13.3 Å². The zero-order valence-corrected chi connectivity index (χ0v) is 11.2. The smallest absolute Gasteiger partial charge is 0.186 e. The van der Waals surface area contributed by atoms with Crippen LogP contribution >= 0.6 is 28.1 Å². The number of nitrogens with one attached hydrogen (secondary N) is 2. The molecule has 0 amide bonds. The third-order valence-electron chi connectivity index (χ3n) is 1.69. The fraction of sp³-hybridized carbons (Fsp3) is 0.0909. The van der Waals surface area contributed by atoms with Crippen LogP contribution < -0.4 is 10.7 Å². The van der Waals surface area contributed by atoms with Crippen molar-refractivity contribution < 1.29 is 0 Å². The SMILES string of the molecule is CNC(=S)N/N=C\C(Br)=C\c1ccccc1. The van der Waals surface area contributed by atoms with Crippen molar-refractivity contribution in [2.24, 2.45) is 5.10 Å². The second-order valence-electron chi connectivity index (χ2n) is 2.89. The first-order valence-corrected chi connectivity index (χ1v) is 5.85. The van der Waals surface area contributed by atoms with Gasteiger partial charge in [-0.3, -0.25) is 5.43 Å². The van der Waals surface area contributed by atoms with Gasteiger partial charge in [-0.05, 0) is 39.8 Å². The number of nitrogens with zero attached hydrogens (tertiary/aromatic N) is 1. The van der Waals surface area contributed by atoms with Crippen LogP contribution in [0.15, 0.2) is 39.9 Å². The Morgan fingerprint density at radius 3 is 2.69 bits per heavy atom. The van der Waals surface area contributed by atoms with Gasteiger partial charge in [0.15, 0.2) is 5.11 Å². The second-order valence-corrected chi connectivity index (χ2v) is 4.21. The standard InChI is InChI=1S/C11H12BrN3S/c1-13-11(16)15-14-8-10(12)7-9-5-3-2-4-6-9/h2-8H,1H3,(H2,13,15,16)/b10-7-,14-8-. The van der Waals surface area contributed by atoms with Crippen LogP contribution in [0, 0.1) is 0 Å². The average molecular weight is 298 g/mol. The van der Waals surface area contributed by atoms with Crippen LogP contribution in [-0.4, -0.2) is 18.4 Å². The fourth-order valence-corrected chi connectivity index (χ4v) is 1.37. The van der Waals surface area contributed by atoms with Gasteiger partial charge in [-0.25, -0.2) is 0 Å². The molecule has 0 unspecified atom stereocenters. The predicted molar refractivity (Wildman–Crippen MR) is 76.6 cm³/mol. The van der Waals surface area contributed by atoms with Crippen molar-refractivity contribution in [2.75, 3.05) is 7.05 Å². The van der Waals surface area contributed by atoms with Gasteiger partial charge in [0.25, 0.3) is 0 Å². The first kappa shape index (κ1) is 12.9. The van der Waals surface area contributed by atoms with Crippen molar-refractivity contribution in [3.63, 3.8) is 0 Å². The van der Waals surface area contributed by atoms with Crippen LogP contribution in [-0.2, 0) is 0 Å². The van der Waals surface area contributed by atoms with Gasteiger partial charge in [-0.15, -0.1) is 0 Å². The van der Waals surface area contributed by atoms with Gasteiger partial charge < -0.3 is 5.32 Å². The number of thiocarbonyl (C=S) groups is 1. The van der Waals surface area contributed by atoms with Gasteiger partial charge >= 0.3 is 0 Å². The molecule has 0 fully saturated rings. The van der Waals surface area contributed by atoms with Gasteiger partial charge in [0.2, 0.25) is 0 Å². The normalized spacial score (nSPS) is 11.5. The molecule has 0 aliphatic heterocycles. The minimum atomic E-state index is 0.483. The lowest BCUT2D eigenvalue weighted by Gasteiger charge is -1.99. The van der Waals surface area contributed by atoms with Gasteiger partial charge in [-0.1, -0.05) is 30.3 Å². The number of allylic oxidation sites excluding steroid dienone is 1. The Bertz CT molecular complexity index is 401. The lowest BCUT2D eigenvalue weighted by Crippen LogP contribution is -2.28. The molecule has 0 radical (unpaired) electrons. The summed E-state index contributed by atoms with van der Waals surface area (Å²) in [4.78, 5) is 0. The summed E-state index contributed by atoms with van der Waals surface area (Å²) in [6.45, 7) is 0. The number of hydrazone groups is 1. The summed E-state index contributed by atoms with van der Waals surface area (Å²) in [6, 6.07) is 9.98. The number of rotatable bonds is 3. The van der Waals surface area contributed by atoms with E-state index in [4.69, 9.17) is 12.2 Å². The molecule has 0 aromatic heterocycles.